The van der Waals surface area contributed by atoms with Crippen molar-refractivity contribution in [2.75, 3.05) is 19.9 Å². The predicted octanol–water partition coefficient (Wildman–Crippen LogP) is 1.12. The van der Waals surface area contributed by atoms with Gasteiger partial charge in [-0.1, -0.05) is 13.8 Å². The van der Waals surface area contributed by atoms with Crippen LogP contribution in [0.2, 0.25) is 0 Å². The Morgan fingerprint density at radius 2 is 2.08 bits per heavy atom. The van der Waals surface area contributed by atoms with E-state index >= 15 is 0 Å². The fraction of sp³-hybridized carbons (Fsp3) is 0.529. The first kappa shape index (κ1) is 17.3. The van der Waals surface area contributed by atoms with Gasteiger partial charge >= 0.3 is 6.03 Å². The summed E-state index contributed by atoms with van der Waals surface area (Å²) in [5.74, 6) is 1.72. The number of rotatable bonds is 7. The number of nitrogens with one attached hydrogen (secondary N) is 1. The third-order valence-corrected chi connectivity index (χ3v) is 3.99. The predicted molar refractivity (Wildman–Crippen MR) is 87.6 cm³/mol. The fourth-order valence-corrected chi connectivity index (χ4v) is 2.80. The third kappa shape index (κ3) is 3.96. The molecular formula is C17H22N2O6. The Morgan fingerprint density at radius 1 is 1.32 bits per heavy atom. The molecule has 2 heterocycles. The molecule has 0 spiro atoms. The molecule has 1 aromatic rings. The summed E-state index contributed by atoms with van der Waals surface area (Å²) in [5.41, 5.74) is 0. The van der Waals surface area contributed by atoms with Crippen molar-refractivity contribution in [3.8, 4) is 17.2 Å². The highest BCUT2D eigenvalue weighted by Gasteiger charge is 2.38. The van der Waals surface area contributed by atoms with E-state index in [0.717, 1.165) is 4.90 Å². The minimum atomic E-state index is -0.988. The van der Waals surface area contributed by atoms with Crippen LogP contribution < -0.4 is 19.5 Å². The van der Waals surface area contributed by atoms with E-state index in [0.29, 0.717) is 23.7 Å². The lowest BCUT2D eigenvalue weighted by molar-refractivity contribution is -0.128. The number of carbonyl (C=O) groups is 2. The molecule has 0 radical (unpaired) electrons. The van der Waals surface area contributed by atoms with Gasteiger partial charge in [0.1, 0.15) is 24.5 Å². The van der Waals surface area contributed by atoms with Crippen molar-refractivity contribution in [3.05, 3.63) is 18.2 Å². The first-order valence-corrected chi connectivity index (χ1v) is 8.26. The van der Waals surface area contributed by atoms with Crippen LogP contribution in [0.3, 0.4) is 0 Å². The Hall–Kier alpha value is -2.48. The van der Waals surface area contributed by atoms with Gasteiger partial charge in [0.15, 0.2) is 11.5 Å². The molecule has 0 unspecified atom stereocenters. The molecule has 2 atom stereocenters. The van der Waals surface area contributed by atoms with Gasteiger partial charge in [0.05, 0.1) is 6.54 Å². The van der Waals surface area contributed by atoms with Crippen molar-refractivity contribution in [1.82, 2.24) is 10.2 Å². The molecule has 8 heteroatoms. The second kappa shape index (κ2) is 7.18. The zero-order chi connectivity index (χ0) is 18.0. The number of nitrogens with zero attached hydrogens (tertiary/aromatic N) is 1. The van der Waals surface area contributed by atoms with Gasteiger partial charge < -0.3 is 24.6 Å². The second-order valence-corrected chi connectivity index (χ2v) is 6.56. The van der Waals surface area contributed by atoms with E-state index in [-0.39, 0.29) is 31.8 Å². The van der Waals surface area contributed by atoms with Crippen molar-refractivity contribution in [3.63, 3.8) is 0 Å². The van der Waals surface area contributed by atoms with Crippen LogP contribution in [0.15, 0.2) is 18.2 Å². The lowest BCUT2D eigenvalue weighted by Crippen LogP contribution is -2.40. The number of ether oxygens (including phenoxy) is 3. The van der Waals surface area contributed by atoms with E-state index in [1.165, 1.54) is 0 Å². The number of fused-ring (bicyclic) bond motifs is 1. The number of urea groups is 1. The molecule has 3 rings (SSSR count). The largest absolute Gasteiger partial charge is 0.491 e. The summed E-state index contributed by atoms with van der Waals surface area (Å²) in [6.45, 7) is 3.98. The molecule has 2 aliphatic rings. The third-order valence-electron chi connectivity index (χ3n) is 3.99. The van der Waals surface area contributed by atoms with Crippen LogP contribution in [-0.2, 0) is 4.79 Å². The zero-order valence-electron chi connectivity index (χ0n) is 14.2. The number of hydrogen-bond donors (Lipinski definition) is 2. The quantitative estimate of drug-likeness (QED) is 0.715. The number of imide groups is 1. The number of aliphatic hydroxyl groups excluding tert-OH is 1. The summed E-state index contributed by atoms with van der Waals surface area (Å²) >= 11 is 0. The monoisotopic (exact) mass is 350 g/mol. The molecule has 2 aliphatic heterocycles. The SMILES string of the molecule is CC(C)C[C@H]1NC(=O)N(C[C@@H](O)COc2ccc3c(c2)OCO3)C1=O. The van der Waals surface area contributed by atoms with Crippen LogP contribution in [0, 0.1) is 5.92 Å². The molecule has 0 bridgehead atoms. The van der Waals surface area contributed by atoms with Gasteiger partial charge in [0.2, 0.25) is 6.79 Å². The number of hydrogen-bond acceptors (Lipinski definition) is 6. The van der Waals surface area contributed by atoms with E-state index in [2.05, 4.69) is 5.32 Å². The average Bonchev–Trinajstić information content (AvgIpc) is 3.12. The molecule has 1 saturated heterocycles. The van der Waals surface area contributed by atoms with Crippen LogP contribution in [0.4, 0.5) is 4.79 Å². The number of benzene rings is 1. The molecule has 8 nitrogen and oxygen atoms in total. The highest BCUT2D eigenvalue weighted by atomic mass is 16.7. The van der Waals surface area contributed by atoms with Crippen molar-refractivity contribution in [1.29, 1.82) is 0 Å². The van der Waals surface area contributed by atoms with Crippen LogP contribution in [-0.4, -0.2) is 54.0 Å². The molecular weight excluding hydrogens is 328 g/mol. The van der Waals surface area contributed by atoms with Crippen LogP contribution in [0.1, 0.15) is 20.3 Å². The van der Waals surface area contributed by atoms with Gasteiger partial charge in [0.25, 0.3) is 5.91 Å². The van der Waals surface area contributed by atoms with Crippen molar-refractivity contribution >= 4 is 11.9 Å². The van der Waals surface area contributed by atoms with Crippen LogP contribution in [0.5, 0.6) is 17.2 Å². The summed E-state index contributed by atoms with van der Waals surface area (Å²) < 4.78 is 16.0. The van der Waals surface area contributed by atoms with Crippen LogP contribution in [0.25, 0.3) is 0 Å². The first-order chi connectivity index (χ1) is 11.9. The van der Waals surface area contributed by atoms with Gasteiger partial charge in [-0.2, -0.15) is 0 Å². The maximum absolute atomic E-state index is 12.2. The van der Waals surface area contributed by atoms with Crippen molar-refractivity contribution in [2.24, 2.45) is 5.92 Å². The normalized spacial score (nSPS) is 20.2. The molecule has 3 amide bonds. The lowest BCUT2D eigenvalue weighted by Gasteiger charge is -2.18. The Kier molecular flexibility index (Phi) is 4.98. The molecule has 2 N–H and O–H groups in total. The van der Waals surface area contributed by atoms with E-state index in [1.54, 1.807) is 18.2 Å². The molecule has 25 heavy (non-hydrogen) atoms. The fourth-order valence-electron chi connectivity index (χ4n) is 2.80. The molecule has 0 aliphatic carbocycles. The van der Waals surface area contributed by atoms with Gasteiger partial charge in [-0.05, 0) is 24.5 Å². The average molecular weight is 350 g/mol. The Bertz CT molecular complexity index is 663. The Labute approximate surface area is 145 Å². The standard InChI is InChI=1S/C17H22N2O6/c1-10(2)5-13-16(21)19(17(22)18-13)7-11(20)8-23-12-3-4-14-15(6-12)25-9-24-14/h3-4,6,10-11,13,20H,5,7-9H2,1-2H3,(H,18,22)/t11-,13-/m1/s1. The molecule has 1 aromatic carbocycles. The number of amides is 3. The molecule has 0 saturated carbocycles. The highest BCUT2D eigenvalue weighted by molar-refractivity contribution is 6.04. The molecule has 0 aromatic heterocycles. The molecule has 136 valence electrons. The van der Waals surface area contributed by atoms with E-state index in [1.807, 2.05) is 13.8 Å². The summed E-state index contributed by atoms with van der Waals surface area (Å²) in [5, 5.41) is 12.8. The Morgan fingerprint density at radius 3 is 2.84 bits per heavy atom. The van der Waals surface area contributed by atoms with Gasteiger partial charge in [-0.15, -0.1) is 0 Å². The summed E-state index contributed by atoms with van der Waals surface area (Å²) in [6, 6.07) is 4.10. The Balaban J connectivity index is 1.51. The van der Waals surface area contributed by atoms with E-state index < -0.39 is 18.2 Å². The minimum Gasteiger partial charge on any atom is -0.491 e. The number of carbonyl (C=O) groups excluding carboxylic acids is 2. The minimum absolute atomic E-state index is 0.0500. The molecule has 1 fully saturated rings. The maximum Gasteiger partial charge on any atom is 0.324 e. The van der Waals surface area contributed by atoms with E-state index in [4.69, 9.17) is 14.2 Å². The topological polar surface area (TPSA) is 97.3 Å². The lowest BCUT2D eigenvalue weighted by atomic mass is 10.0. The van der Waals surface area contributed by atoms with Crippen LogP contribution >= 0.6 is 0 Å². The van der Waals surface area contributed by atoms with Crippen molar-refractivity contribution in [2.45, 2.75) is 32.4 Å². The van der Waals surface area contributed by atoms with Gasteiger partial charge in [-0.3, -0.25) is 9.69 Å². The van der Waals surface area contributed by atoms with Crippen molar-refractivity contribution < 1.29 is 28.9 Å². The second-order valence-electron chi connectivity index (χ2n) is 6.56. The zero-order valence-corrected chi connectivity index (χ0v) is 14.2. The van der Waals surface area contributed by atoms with Gasteiger partial charge in [-0.25, -0.2) is 4.79 Å². The highest BCUT2D eigenvalue weighted by Crippen LogP contribution is 2.35. The summed E-state index contributed by atoms with van der Waals surface area (Å²) in [4.78, 5) is 25.2. The first-order valence-electron chi connectivity index (χ1n) is 8.26. The summed E-state index contributed by atoms with van der Waals surface area (Å²) in [7, 11) is 0. The van der Waals surface area contributed by atoms with E-state index in [9.17, 15) is 14.7 Å². The maximum atomic E-state index is 12.2. The summed E-state index contributed by atoms with van der Waals surface area (Å²) in [6.07, 6.45) is -0.414. The number of β-amino-alcohol motifs (C(OH)–C–C–N with tert-alkyl or cyclic N) is 1. The smallest absolute Gasteiger partial charge is 0.324 e. The van der Waals surface area contributed by atoms with Gasteiger partial charge in [0, 0.05) is 6.07 Å². The number of aliphatic hydroxyl groups is 1.